The van der Waals surface area contributed by atoms with Gasteiger partial charge in [-0.15, -0.1) is 6.58 Å². The Bertz CT molecular complexity index is 216. The summed E-state index contributed by atoms with van der Waals surface area (Å²) in [5.41, 5.74) is 0. The van der Waals surface area contributed by atoms with Crippen LogP contribution >= 0.6 is 0 Å². The Hall–Kier alpha value is -0.0431. The van der Waals surface area contributed by atoms with E-state index in [2.05, 4.69) is 26.5 Å². The van der Waals surface area contributed by atoms with Crippen LogP contribution in [0.15, 0.2) is 12.7 Å². The zero-order chi connectivity index (χ0) is 17.7. The van der Waals surface area contributed by atoms with Crippen molar-refractivity contribution in [2.45, 2.75) is 135 Å². The number of hydrogen-bond donors (Lipinski definition) is 0. The summed E-state index contributed by atoms with van der Waals surface area (Å²) in [5, 5.41) is 0. The molecule has 0 nitrogen and oxygen atoms in total. The molecule has 0 saturated carbocycles. The van der Waals surface area contributed by atoms with E-state index >= 15 is 0 Å². The highest BCUT2D eigenvalue weighted by Crippen LogP contribution is 2.18. The molecule has 0 unspecified atom stereocenters. The summed E-state index contributed by atoms with van der Waals surface area (Å²) >= 11 is 0. The van der Waals surface area contributed by atoms with Gasteiger partial charge in [0.25, 0.3) is 0 Å². The maximum Gasteiger partial charge on any atom is 0.0518 e. The van der Waals surface area contributed by atoms with E-state index in [9.17, 15) is 0 Å². The maximum atomic E-state index is 4.00. The Morgan fingerprint density at radius 1 is 0.542 bits per heavy atom. The van der Waals surface area contributed by atoms with Crippen LogP contribution in [0.25, 0.3) is 0 Å². The van der Waals surface area contributed by atoms with E-state index in [0.717, 1.165) is 0 Å². The van der Waals surface area contributed by atoms with Gasteiger partial charge in [-0.3, -0.25) is 0 Å². The fraction of sp³-hybridized carbons (Fsp3) is 0.913. The van der Waals surface area contributed by atoms with E-state index in [1.54, 1.807) is 12.1 Å². The molecule has 0 bridgehead atoms. The van der Waals surface area contributed by atoms with Crippen LogP contribution in [0.5, 0.6) is 0 Å². The molecule has 0 aromatic rings. The average Bonchev–Trinajstić information content (AvgIpc) is 2.59. The molecule has 0 amide bonds. The van der Waals surface area contributed by atoms with Crippen molar-refractivity contribution in [3.8, 4) is 0 Å². The van der Waals surface area contributed by atoms with E-state index in [1.165, 1.54) is 109 Å². The van der Waals surface area contributed by atoms with Crippen LogP contribution in [0.1, 0.15) is 117 Å². The van der Waals surface area contributed by atoms with E-state index in [0.29, 0.717) is 0 Å². The number of hydrogen-bond acceptors (Lipinski definition) is 0. The van der Waals surface area contributed by atoms with Crippen LogP contribution in [0.2, 0.25) is 18.1 Å². The third kappa shape index (κ3) is 18.3. The molecule has 0 heterocycles. The molecule has 0 aromatic carbocycles. The van der Waals surface area contributed by atoms with Crippen molar-refractivity contribution in [1.29, 1.82) is 0 Å². The molecule has 24 heavy (non-hydrogen) atoms. The van der Waals surface area contributed by atoms with Crippen LogP contribution in [-0.4, -0.2) is 8.80 Å². The summed E-state index contributed by atoms with van der Waals surface area (Å²) in [7, 11) is -0.116. The van der Waals surface area contributed by atoms with Crippen LogP contribution in [0, 0.1) is 0 Å². The minimum Gasteiger partial charge on any atom is -0.103 e. The maximum absolute atomic E-state index is 4.00. The van der Waals surface area contributed by atoms with Gasteiger partial charge in [0.15, 0.2) is 0 Å². The highest BCUT2D eigenvalue weighted by molar-refractivity contribution is 6.59. The van der Waals surface area contributed by atoms with Gasteiger partial charge in [-0.1, -0.05) is 135 Å². The van der Waals surface area contributed by atoms with Crippen LogP contribution in [-0.2, 0) is 0 Å². The van der Waals surface area contributed by atoms with E-state index < -0.39 is 0 Å². The largest absolute Gasteiger partial charge is 0.103 e. The second-order valence-electron chi connectivity index (χ2n) is 7.69. The third-order valence-corrected chi connectivity index (χ3v) is 8.19. The van der Waals surface area contributed by atoms with Gasteiger partial charge in [-0.25, -0.2) is 0 Å². The molecule has 0 spiro atoms. The molecule has 0 rings (SSSR count). The number of rotatable bonds is 20. The van der Waals surface area contributed by atoms with Gasteiger partial charge in [0, 0.05) is 0 Å². The van der Waals surface area contributed by atoms with E-state index in [4.69, 9.17) is 0 Å². The predicted octanol–water partition coefficient (Wildman–Crippen LogP) is 8.95. The molecule has 143 valence electrons. The van der Waals surface area contributed by atoms with Crippen LogP contribution in [0.4, 0.5) is 0 Å². The van der Waals surface area contributed by atoms with E-state index in [-0.39, 0.29) is 8.80 Å². The molecular weight excluding hydrogens is 304 g/mol. The Morgan fingerprint density at radius 3 is 1.21 bits per heavy atom. The smallest absolute Gasteiger partial charge is 0.0518 e. The van der Waals surface area contributed by atoms with Crippen molar-refractivity contribution in [1.82, 2.24) is 0 Å². The molecule has 1 radical (unpaired) electrons. The molecule has 0 aliphatic rings. The molecule has 0 saturated heterocycles. The Labute approximate surface area is 156 Å². The number of allylic oxidation sites excluding steroid dienone is 1. The normalized spacial score (nSPS) is 11.3. The van der Waals surface area contributed by atoms with Gasteiger partial charge in [0.2, 0.25) is 0 Å². The first-order chi connectivity index (χ1) is 11.8. The summed E-state index contributed by atoms with van der Waals surface area (Å²) in [6, 6.07) is 4.43. The topological polar surface area (TPSA) is 0 Å². The van der Waals surface area contributed by atoms with Gasteiger partial charge >= 0.3 is 0 Å². The van der Waals surface area contributed by atoms with Crippen molar-refractivity contribution in [2.75, 3.05) is 0 Å². The third-order valence-electron chi connectivity index (χ3n) is 5.20. The van der Waals surface area contributed by atoms with Crippen molar-refractivity contribution in [3.05, 3.63) is 12.7 Å². The minimum atomic E-state index is -0.116. The Balaban J connectivity index is 3.45. The van der Waals surface area contributed by atoms with Gasteiger partial charge in [-0.2, -0.15) is 0 Å². The standard InChI is InChI=1S/C23H47Si/c1-4-7-9-11-13-15-17-19-22-24(21-6-3)23-20-18-16-14-12-10-8-5-2/h6H,3-5,7-23H2,1-2H3. The monoisotopic (exact) mass is 351 g/mol. The summed E-state index contributed by atoms with van der Waals surface area (Å²) in [4.78, 5) is 0. The lowest BCUT2D eigenvalue weighted by molar-refractivity contribution is 0.581. The minimum absolute atomic E-state index is 0.116. The second-order valence-corrected chi connectivity index (χ2v) is 10.6. The first kappa shape index (κ1) is 24.0. The van der Waals surface area contributed by atoms with Gasteiger partial charge < -0.3 is 0 Å². The summed E-state index contributed by atoms with van der Waals surface area (Å²) in [6.45, 7) is 8.60. The van der Waals surface area contributed by atoms with E-state index in [1.807, 2.05) is 0 Å². The molecular formula is C23H47Si. The summed E-state index contributed by atoms with van der Waals surface area (Å²) < 4.78 is 0. The first-order valence-corrected chi connectivity index (χ1v) is 13.4. The molecule has 0 N–H and O–H groups in total. The van der Waals surface area contributed by atoms with Crippen molar-refractivity contribution in [3.63, 3.8) is 0 Å². The lowest BCUT2D eigenvalue weighted by atomic mass is 10.1. The van der Waals surface area contributed by atoms with Crippen LogP contribution < -0.4 is 0 Å². The second kappa shape index (κ2) is 21.0. The summed E-state index contributed by atoms with van der Waals surface area (Å²) in [5.74, 6) is 0. The average molecular weight is 352 g/mol. The molecule has 0 atom stereocenters. The molecule has 0 aliphatic heterocycles. The first-order valence-electron chi connectivity index (χ1n) is 11.3. The highest BCUT2D eigenvalue weighted by Gasteiger charge is 2.08. The molecule has 0 aliphatic carbocycles. The lowest BCUT2D eigenvalue weighted by Crippen LogP contribution is -2.10. The SMILES string of the molecule is C=CC[Si](CCCCCCCCCC)CCCCCCCCCC. The number of unbranched alkanes of at least 4 members (excludes halogenated alkanes) is 14. The van der Waals surface area contributed by atoms with Crippen LogP contribution in [0.3, 0.4) is 0 Å². The zero-order valence-corrected chi connectivity index (χ0v) is 18.2. The van der Waals surface area contributed by atoms with Crippen molar-refractivity contribution in [2.24, 2.45) is 0 Å². The fourth-order valence-corrected chi connectivity index (χ4v) is 6.12. The predicted molar refractivity (Wildman–Crippen MR) is 116 cm³/mol. The van der Waals surface area contributed by atoms with Gasteiger partial charge in [0.1, 0.15) is 0 Å². The fourth-order valence-electron chi connectivity index (χ4n) is 3.55. The van der Waals surface area contributed by atoms with Gasteiger partial charge in [-0.05, 0) is 6.04 Å². The summed E-state index contributed by atoms with van der Waals surface area (Å²) in [6.07, 6.45) is 25.5. The van der Waals surface area contributed by atoms with Gasteiger partial charge in [0.05, 0.1) is 8.80 Å². The zero-order valence-electron chi connectivity index (χ0n) is 17.2. The Kier molecular flexibility index (Phi) is 21.0. The quantitative estimate of drug-likeness (QED) is 0.117. The molecule has 0 aromatic heterocycles. The van der Waals surface area contributed by atoms with Crippen molar-refractivity contribution >= 4 is 8.80 Å². The molecule has 1 heteroatoms. The lowest BCUT2D eigenvalue weighted by Gasteiger charge is -2.13. The highest BCUT2D eigenvalue weighted by atomic mass is 28.3. The molecule has 0 fully saturated rings. The Morgan fingerprint density at radius 2 is 0.875 bits per heavy atom. The van der Waals surface area contributed by atoms with Crippen molar-refractivity contribution < 1.29 is 0 Å².